The van der Waals surface area contributed by atoms with E-state index in [4.69, 9.17) is 0 Å². The first kappa shape index (κ1) is 14.8. The van der Waals surface area contributed by atoms with Gasteiger partial charge in [-0.2, -0.15) is 0 Å². The van der Waals surface area contributed by atoms with Crippen LogP contribution in [-0.4, -0.2) is 50.4 Å². The largest absolute Gasteiger partial charge is 0.360 e. The van der Waals surface area contributed by atoms with Gasteiger partial charge >= 0.3 is 0 Å². The lowest BCUT2D eigenvalue weighted by atomic mass is 10.6. The number of sulfonamides is 1. The maximum Gasteiger partial charge on any atom is 0.282 e. The minimum absolute atomic E-state index is 0.142. The molecule has 0 saturated heterocycles. The van der Waals surface area contributed by atoms with Crippen molar-refractivity contribution in [3.8, 4) is 0 Å². The van der Waals surface area contributed by atoms with Gasteiger partial charge in [0.05, 0.1) is 6.26 Å². The minimum Gasteiger partial charge on any atom is -0.360 e. The van der Waals surface area contributed by atoms with Crippen molar-refractivity contribution in [3.05, 3.63) is 5.01 Å². The van der Waals surface area contributed by atoms with Gasteiger partial charge in [-0.05, 0) is 6.92 Å². The Morgan fingerprint density at radius 3 is 2.67 bits per heavy atom. The lowest BCUT2D eigenvalue weighted by Crippen LogP contribution is -2.34. The van der Waals surface area contributed by atoms with Crippen LogP contribution in [0.4, 0.5) is 5.13 Å². The number of hydrogen-bond acceptors (Lipinski definition) is 7. The van der Waals surface area contributed by atoms with Crippen molar-refractivity contribution in [3.63, 3.8) is 0 Å². The quantitative estimate of drug-likeness (QED) is 0.570. The molecule has 0 aliphatic heterocycles. The summed E-state index contributed by atoms with van der Waals surface area (Å²) in [4.78, 5) is 11.6. The van der Waals surface area contributed by atoms with Crippen LogP contribution in [0.15, 0.2) is 0 Å². The van der Waals surface area contributed by atoms with Gasteiger partial charge in [0.2, 0.25) is 20.2 Å². The Hall–Kier alpha value is -1.26. The minimum atomic E-state index is -3.23. The molecule has 1 aromatic heterocycles. The van der Waals surface area contributed by atoms with E-state index in [1.807, 2.05) is 6.92 Å². The number of carbonyl (C=O) groups excluding carboxylic acids is 1. The first-order valence-electron chi connectivity index (χ1n) is 5.22. The third kappa shape index (κ3) is 5.38. The van der Waals surface area contributed by atoms with E-state index in [2.05, 4.69) is 25.6 Å². The highest BCUT2D eigenvalue weighted by molar-refractivity contribution is 7.88. The average Bonchev–Trinajstić information content (AvgIpc) is 2.72. The number of anilines is 1. The van der Waals surface area contributed by atoms with Crippen LogP contribution in [0.5, 0.6) is 0 Å². The summed E-state index contributed by atoms with van der Waals surface area (Å²) in [6.07, 6.45) is 1.06. The van der Waals surface area contributed by atoms with Crippen LogP contribution in [0.25, 0.3) is 0 Å². The lowest BCUT2D eigenvalue weighted by Gasteiger charge is -2.03. The molecule has 1 amide bonds. The molecule has 1 heterocycles. The molecule has 0 atom stereocenters. The smallest absolute Gasteiger partial charge is 0.282 e. The molecule has 0 aliphatic carbocycles. The Bertz CT molecular complexity index is 499. The van der Waals surface area contributed by atoms with E-state index >= 15 is 0 Å². The fraction of sp³-hybridized carbons (Fsp3) is 0.625. The summed E-state index contributed by atoms with van der Waals surface area (Å²) in [5.74, 6) is -0.369. The second kappa shape index (κ2) is 6.61. The third-order valence-electron chi connectivity index (χ3n) is 1.72. The van der Waals surface area contributed by atoms with Crippen molar-refractivity contribution in [1.82, 2.24) is 20.2 Å². The molecular formula is C8H15N5O3S2. The van der Waals surface area contributed by atoms with Gasteiger partial charge in [0.25, 0.3) is 5.91 Å². The van der Waals surface area contributed by atoms with E-state index in [1.165, 1.54) is 0 Å². The van der Waals surface area contributed by atoms with Gasteiger partial charge in [-0.15, -0.1) is 10.2 Å². The van der Waals surface area contributed by atoms with Crippen LogP contribution in [0.2, 0.25) is 0 Å². The fourth-order valence-corrected chi connectivity index (χ4v) is 2.23. The first-order chi connectivity index (χ1) is 8.42. The van der Waals surface area contributed by atoms with Gasteiger partial charge in [-0.1, -0.05) is 11.3 Å². The van der Waals surface area contributed by atoms with Crippen LogP contribution in [0, 0.1) is 0 Å². The highest BCUT2D eigenvalue weighted by Gasteiger charge is 2.11. The monoisotopic (exact) mass is 293 g/mol. The van der Waals surface area contributed by atoms with E-state index in [-0.39, 0.29) is 24.0 Å². The molecule has 8 nitrogen and oxygen atoms in total. The van der Waals surface area contributed by atoms with Crippen molar-refractivity contribution in [2.45, 2.75) is 6.92 Å². The molecule has 0 saturated carbocycles. The number of hydrogen-bond donors (Lipinski definition) is 3. The van der Waals surface area contributed by atoms with Crippen LogP contribution < -0.4 is 15.4 Å². The van der Waals surface area contributed by atoms with Gasteiger partial charge in [0, 0.05) is 19.6 Å². The molecule has 1 aromatic rings. The molecule has 0 aliphatic rings. The number of nitrogens with zero attached hydrogens (tertiary/aromatic N) is 2. The SMILES string of the molecule is CCNc1nnc(C(=O)NCCNS(C)(=O)=O)s1. The summed E-state index contributed by atoms with van der Waals surface area (Å²) in [6, 6.07) is 0. The van der Waals surface area contributed by atoms with Crippen LogP contribution in [-0.2, 0) is 10.0 Å². The van der Waals surface area contributed by atoms with Crippen molar-refractivity contribution in [2.24, 2.45) is 0 Å². The topological polar surface area (TPSA) is 113 Å². The Morgan fingerprint density at radius 2 is 2.06 bits per heavy atom. The van der Waals surface area contributed by atoms with Gasteiger partial charge in [-0.25, -0.2) is 13.1 Å². The third-order valence-corrected chi connectivity index (χ3v) is 3.33. The Morgan fingerprint density at radius 1 is 1.33 bits per heavy atom. The molecule has 102 valence electrons. The zero-order valence-electron chi connectivity index (χ0n) is 10.1. The second-order valence-electron chi connectivity index (χ2n) is 3.37. The number of nitrogens with one attached hydrogen (secondary N) is 3. The number of rotatable bonds is 7. The average molecular weight is 293 g/mol. The summed E-state index contributed by atoms with van der Waals surface area (Å²) in [6.45, 7) is 2.96. The van der Waals surface area contributed by atoms with Gasteiger partial charge in [0.1, 0.15) is 0 Å². The zero-order chi connectivity index (χ0) is 13.6. The van der Waals surface area contributed by atoms with E-state index in [0.29, 0.717) is 11.7 Å². The summed E-state index contributed by atoms with van der Waals surface area (Å²) >= 11 is 1.15. The van der Waals surface area contributed by atoms with Crippen molar-refractivity contribution >= 4 is 32.4 Å². The molecule has 3 N–H and O–H groups in total. The zero-order valence-corrected chi connectivity index (χ0v) is 11.7. The second-order valence-corrected chi connectivity index (χ2v) is 6.18. The van der Waals surface area contributed by atoms with Crippen LogP contribution in [0.3, 0.4) is 0 Å². The van der Waals surface area contributed by atoms with E-state index < -0.39 is 10.0 Å². The summed E-state index contributed by atoms with van der Waals surface area (Å²) < 4.78 is 23.8. The number of amides is 1. The number of aromatic nitrogens is 2. The molecule has 18 heavy (non-hydrogen) atoms. The molecule has 10 heteroatoms. The standard InChI is InChI=1S/C8H15N5O3S2/c1-3-9-8-13-12-7(17-8)6(14)10-4-5-11-18(2,15)16/h11H,3-5H2,1-2H3,(H,9,13)(H,10,14). The summed E-state index contributed by atoms with van der Waals surface area (Å²) in [7, 11) is -3.23. The predicted octanol–water partition coefficient (Wildman–Crippen LogP) is -0.751. The highest BCUT2D eigenvalue weighted by Crippen LogP contribution is 2.14. The lowest BCUT2D eigenvalue weighted by molar-refractivity contribution is 0.0953. The van der Waals surface area contributed by atoms with Gasteiger partial charge < -0.3 is 10.6 Å². The van der Waals surface area contributed by atoms with Gasteiger partial charge in [0.15, 0.2) is 0 Å². The molecule has 0 radical (unpaired) electrons. The van der Waals surface area contributed by atoms with Crippen molar-refractivity contribution in [1.29, 1.82) is 0 Å². The molecule has 0 spiro atoms. The first-order valence-corrected chi connectivity index (χ1v) is 7.93. The van der Waals surface area contributed by atoms with Gasteiger partial charge in [-0.3, -0.25) is 4.79 Å². The molecule has 0 unspecified atom stereocenters. The predicted molar refractivity (Wildman–Crippen MR) is 69.3 cm³/mol. The summed E-state index contributed by atoms with van der Waals surface area (Å²) in [5, 5.41) is 13.8. The van der Waals surface area contributed by atoms with E-state index in [0.717, 1.165) is 17.6 Å². The van der Waals surface area contributed by atoms with Crippen molar-refractivity contribution < 1.29 is 13.2 Å². The Balaban J connectivity index is 2.36. The van der Waals surface area contributed by atoms with Crippen LogP contribution in [0.1, 0.15) is 16.7 Å². The Labute approximate surface area is 109 Å². The van der Waals surface area contributed by atoms with Crippen LogP contribution >= 0.6 is 11.3 Å². The molecule has 0 aromatic carbocycles. The highest BCUT2D eigenvalue weighted by atomic mass is 32.2. The molecular weight excluding hydrogens is 278 g/mol. The number of carbonyl (C=O) groups is 1. The van der Waals surface area contributed by atoms with Crippen molar-refractivity contribution in [2.75, 3.05) is 31.2 Å². The fourth-order valence-electron chi connectivity index (χ4n) is 1.03. The maximum atomic E-state index is 11.6. The summed E-state index contributed by atoms with van der Waals surface area (Å²) in [5.41, 5.74) is 0. The normalized spacial score (nSPS) is 11.2. The molecule has 0 bridgehead atoms. The van der Waals surface area contributed by atoms with E-state index in [9.17, 15) is 13.2 Å². The van der Waals surface area contributed by atoms with E-state index in [1.54, 1.807) is 0 Å². The Kier molecular flexibility index (Phi) is 5.44. The molecule has 1 rings (SSSR count). The molecule has 0 fully saturated rings. The maximum absolute atomic E-state index is 11.6.